The molecule has 2 heterocycles. The molecule has 16 nitrogen and oxygen atoms in total. The summed E-state index contributed by atoms with van der Waals surface area (Å²) >= 11 is 0. The van der Waals surface area contributed by atoms with Gasteiger partial charge in [0.25, 0.3) is 0 Å². The highest BCUT2D eigenvalue weighted by atomic mass is 16.8. The summed E-state index contributed by atoms with van der Waals surface area (Å²) in [4.78, 5) is 51.3. The van der Waals surface area contributed by atoms with E-state index in [2.05, 4.69) is 27.7 Å². The van der Waals surface area contributed by atoms with Crippen molar-refractivity contribution in [2.45, 2.75) is 188 Å². The van der Waals surface area contributed by atoms with E-state index in [1.807, 2.05) is 40.7 Å². The second-order valence-electron chi connectivity index (χ2n) is 20.6. The maximum Gasteiger partial charge on any atom is 0.335 e. The van der Waals surface area contributed by atoms with Crippen LogP contribution in [-0.2, 0) is 38.1 Å². The van der Waals surface area contributed by atoms with Gasteiger partial charge in [-0.1, -0.05) is 61.0 Å². The molecule has 2 saturated heterocycles. The number of aliphatic hydroxyl groups excluding tert-OH is 5. The number of hydrogen-bond donors (Lipinski definition) is 8. The van der Waals surface area contributed by atoms with Gasteiger partial charge < -0.3 is 59.8 Å². The number of hydrogen-bond acceptors (Lipinski definition) is 13. The Kier molecular flexibility index (Phi) is 12.5. The monoisotopic (exact) mass is 852 g/mol. The predicted molar refractivity (Wildman–Crippen MR) is 211 cm³/mol. The maximum absolute atomic E-state index is 14.8. The minimum Gasteiger partial charge on any atom is -0.481 e. The van der Waals surface area contributed by atoms with Crippen LogP contribution in [0.2, 0.25) is 0 Å². The summed E-state index contributed by atoms with van der Waals surface area (Å²) in [7, 11) is 0. The van der Waals surface area contributed by atoms with Crippen molar-refractivity contribution >= 4 is 23.7 Å². The molecule has 6 fully saturated rings. The Morgan fingerprint density at radius 2 is 1.25 bits per heavy atom. The summed E-state index contributed by atoms with van der Waals surface area (Å²) in [5.41, 5.74) is -1.81. The zero-order valence-corrected chi connectivity index (χ0v) is 36.4. The molecule has 15 unspecified atom stereocenters. The normalized spacial score (nSPS) is 50.9. The van der Waals surface area contributed by atoms with Crippen molar-refractivity contribution in [3.63, 3.8) is 0 Å². The van der Waals surface area contributed by atoms with Crippen LogP contribution in [0.4, 0.5) is 0 Å². The van der Waals surface area contributed by atoms with E-state index in [9.17, 15) is 60.0 Å². The zero-order chi connectivity index (χ0) is 44.9. The first-order valence-electron chi connectivity index (χ1n) is 21.7. The number of carboxylic acids is 3. The highest BCUT2D eigenvalue weighted by Gasteiger charge is 2.71. The molecular formula is C44H68O16. The quantitative estimate of drug-likeness (QED) is 0.171. The number of ether oxygens (including phenoxy) is 4. The molecule has 60 heavy (non-hydrogen) atoms. The molecule has 4 saturated carbocycles. The Morgan fingerprint density at radius 1 is 0.683 bits per heavy atom. The standard InChI is InChI=1S/C42H62O16.C2H6/c1-37(2)21-8-11-42(7)31(20(43)16-18-19-17-39(4,36(53)54)13-12-38(19,3)14-15-41(18,42)6)40(21,5)10-9-22(37)55-35-30(26(47)25(46)29(57-35)33(51)52)58-34-27(48)23(44)24(45)28(56-34)32(49)50;1-2/h16,19,21-31,34-35,44-48H,8-15,17H2,1-7H3,(H,49,50)(H,51,52)(H,53,54);1-2H3/t19?,21-,22?,23?,24?,25?,26?,27?,28?,29?,30?,31+,34?,35?,38?,39-,40?,41+,42?;/m0./s1. The Labute approximate surface area is 351 Å². The van der Waals surface area contributed by atoms with E-state index >= 15 is 0 Å². The number of carboxylic acid groups (broad SMARTS) is 3. The van der Waals surface area contributed by atoms with E-state index in [0.29, 0.717) is 25.7 Å². The lowest BCUT2D eigenvalue weighted by atomic mass is 9.33. The lowest BCUT2D eigenvalue weighted by molar-refractivity contribution is -0.371. The lowest BCUT2D eigenvalue weighted by Gasteiger charge is -2.70. The number of carbonyl (C=O) groups is 4. The Hall–Kier alpha value is -2.54. The molecule has 0 bridgehead atoms. The first-order valence-corrected chi connectivity index (χ1v) is 21.7. The Balaban J connectivity index is 0.00000297. The molecule has 0 aromatic heterocycles. The second-order valence-corrected chi connectivity index (χ2v) is 20.6. The Bertz CT molecular complexity index is 1730. The van der Waals surface area contributed by atoms with Crippen molar-refractivity contribution in [3.8, 4) is 0 Å². The lowest BCUT2D eigenvalue weighted by Crippen LogP contribution is -2.68. The molecule has 2 aliphatic heterocycles. The van der Waals surface area contributed by atoms with Gasteiger partial charge in [-0.15, -0.1) is 0 Å². The number of rotatable bonds is 7. The molecule has 5 aliphatic carbocycles. The molecule has 7 aliphatic rings. The smallest absolute Gasteiger partial charge is 0.335 e. The van der Waals surface area contributed by atoms with Gasteiger partial charge in [-0.25, -0.2) is 9.59 Å². The van der Waals surface area contributed by atoms with Crippen LogP contribution in [-0.4, -0.2) is 132 Å². The van der Waals surface area contributed by atoms with E-state index in [4.69, 9.17) is 18.9 Å². The maximum atomic E-state index is 14.8. The number of aliphatic carboxylic acids is 3. The van der Waals surface area contributed by atoms with E-state index in [1.165, 1.54) is 0 Å². The third-order valence-electron chi connectivity index (χ3n) is 17.2. The van der Waals surface area contributed by atoms with Crippen LogP contribution in [0.15, 0.2) is 11.6 Å². The first kappa shape index (κ1) is 47.0. The fraction of sp³-hybridized carbons (Fsp3) is 0.864. The van der Waals surface area contributed by atoms with Crippen LogP contribution in [0.1, 0.15) is 120 Å². The SMILES string of the molecule is CC.CC12CC[C@](C)(C(=O)O)CC1C1=CC(=O)[C@@H]3C4(C)CCC(OC5OC(C(=O)O)C(O)C(O)C5OC5OC(C(=O)O)C(O)C(O)C5O)C(C)(C)[C@@H]4CCC3(C)[C@]1(C)CC2. The predicted octanol–water partition coefficient (Wildman–Crippen LogP) is 3.27. The zero-order valence-electron chi connectivity index (χ0n) is 36.4. The minimum absolute atomic E-state index is 0.0217. The fourth-order valence-electron chi connectivity index (χ4n) is 13.4. The van der Waals surface area contributed by atoms with E-state index in [1.54, 1.807) is 0 Å². The molecule has 0 radical (unpaired) electrons. The molecule has 16 heteroatoms. The van der Waals surface area contributed by atoms with Gasteiger partial charge in [0, 0.05) is 5.92 Å². The third kappa shape index (κ3) is 6.98. The summed E-state index contributed by atoms with van der Waals surface area (Å²) < 4.78 is 23.4. The van der Waals surface area contributed by atoms with Crippen LogP contribution >= 0.6 is 0 Å². The van der Waals surface area contributed by atoms with Crippen molar-refractivity contribution < 1.29 is 79.0 Å². The molecule has 8 N–H and O–H groups in total. The molecular weight excluding hydrogens is 784 g/mol. The summed E-state index contributed by atoms with van der Waals surface area (Å²) in [6.45, 7) is 18.8. The largest absolute Gasteiger partial charge is 0.481 e. The summed E-state index contributed by atoms with van der Waals surface area (Å²) in [6.07, 6.45) is -12.2. The molecule has 7 rings (SSSR count). The van der Waals surface area contributed by atoms with Crippen LogP contribution in [0.5, 0.6) is 0 Å². The van der Waals surface area contributed by atoms with Crippen LogP contribution < -0.4 is 0 Å². The topological polar surface area (TPSA) is 267 Å². The summed E-state index contributed by atoms with van der Waals surface area (Å²) in [5.74, 6) is -4.47. The van der Waals surface area contributed by atoms with Gasteiger partial charge in [0.2, 0.25) is 0 Å². The summed E-state index contributed by atoms with van der Waals surface area (Å²) in [6, 6.07) is 0. The van der Waals surface area contributed by atoms with Crippen LogP contribution in [0.3, 0.4) is 0 Å². The third-order valence-corrected chi connectivity index (χ3v) is 17.2. The van der Waals surface area contributed by atoms with Crippen molar-refractivity contribution in [2.24, 2.45) is 50.2 Å². The Morgan fingerprint density at radius 3 is 1.83 bits per heavy atom. The average Bonchev–Trinajstić information content (AvgIpc) is 3.17. The molecule has 19 atom stereocenters. The molecule has 340 valence electrons. The highest BCUT2D eigenvalue weighted by molar-refractivity contribution is 5.95. The van der Waals surface area contributed by atoms with E-state index in [-0.39, 0.29) is 34.4 Å². The number of ketones is 1. The number of carbonyl (C=O) groups excluding carboxylic acids is 1. The van der Waals surface area contributed by atoms with Gasteiger partial charge in [-0.3, -0.25) is 9.59 Å². The van der Waals surface area contributed by atoms with Gasteiger partial charge in [0.15, 0.2) is 30.6 Å². The van der Waals surface area contributed by atoms with Crippen LogP contribution in [0, 0.1) is 50.2 Å². The number of allylic oxidation sites excluding steroid dienone is 2. The van der Waals surface area contributed by atoms with Crippen LogP contribution in [0.25, 0.3) is 0 Å². The average molecular weight is 853 g/mol. The van der Waals surface area contributed by atoms with E-state index in [0.717, 1.165) is 37.7 Å². The van der Waals surface area contributed by atoms with Crippen molar-refractivity contribution in [2.75, 3.05) is 0 Å². The highest BCUT2D eigenvalue weighted by Crippen LogP contribution is 2.75. The molecule has 0 spiro atoms. The number of aliphatic hydroxyl groups is 5. The van der Waals surface area contributed by atoms with Crippen molar-refractivity contribution in [1.82, 2.24) is 0 Å². The van der Waals surface area contributed by atoms with Gasteiger partial charge in [0.05, 0.1) is 11.5 Å². The van der Waals surface area contributed by atoms with Gasteiger partial charge >= 0.3 is 17.9 Å². The molecule has 0 aromatic carbocycles. The van der Waals surface area contributed by atoms with Gasteiger partial charge in [-0.2, -0.15) is 0 Å². The molecule has 0 aromatic rings. The fourth-order valence-corrected chi connectivity index (χ4v) is 13.4. The summed E-state index contributed by atoms with van der Waals surface area (Å²) in [5, 5.41) is 83.0. The minimum atomic E-state index is -2.05. The second kappa shape index (κ2) is 15.9. The van der Waals surface area contributed by atoms with Crippen molar-refractivity contribution in [3.05, 3.63) is 11.6 Å². The first-order chi connectivity index (χ1) is 27.8. The van der Waals surface area contributed by atoms with E-state index < -0.39 is 107 Å². The van der Waals surface area contributed by atoms with Gasteiger partial charge in [0.1, 0.15) is 36.6 Å². The number of fused-ring (bicyclic) bond motifs is 7. The molecule has 0 amide bonds. The van der Waals surface area contributed by atoms with Crippen molar-refractivity contribution in [1.29, 1.82) is 0 Å². The van der Waals surface area contributed by atoms with Gasteiger partial charge in [-0.05, 0) is 110 Å².